The summed E-state index contributed by atoms with van der Waals surface area (Å²) < 4.78 is 17.9. The van der Waals surface area contributed by atoms with Gasteiger partial charge in [-0.1, -0.05) is 18.1 Å². The van der Waals surface area contributed by atoms with Gasteiger partial charge in [-0.3, -0.25) is 9.69 Å². The second-order valence-corrected chi connectivity index (χ2v) is 3.03. The Kier molecular flexibility index (Phi) is 2.30. The normalized spacial score (nSPS) is 19.1. The number of alkyl halides is 1. The van der Waals surface area contributed by atoms with Crippen molar-refractivity contribution < 1.29 is 13.9 Å². The first-order valence-corrected chi connectivity index (χ1v) is 4.38. The molecule has 1 aromatic carbocycles. The summed E-state index contributed by atoms with van der Waals surface area (Å²) in [7, 11) is 0. The first-order valence-electron chi connectivity index (χ1n) is 4.38. The highest BCUT2D eigenvalue weighted by Crippen LogP contribution is 2.33. The number of benzene rings is 1. The number of para-hydroxylation sites is 2. The van der Waals surface area contributed by atoms with Crippen molar-refractivity contribution in [2.75, 3.05) is 11.4 Å². The zero-order valence-electron chi connectivity index (χ0n) is 7.81. The Morgan fingerprint density at radius 3 is 3.00 bits per heavy atom. The Bertz CT molecular complexity index is 438. The van der Waals surface area contributed by atoms with Gasteiger partial charge < -0.3 is 4.74 Å². The third kappa shape index (κ3) is 1.52. The van der Waals surface area contributed by atoms with Gasteiger partial charge >= 0.3 is 12.3 Å². The zero-order chi connectivity index (χ0) is 10.8. The third-order valence-electron chi connectivity index (χ3n) is 2.10. The van der Waals surface area contributed by atoms with E-state index in [1.54, 1.807) is 24.3 Å². The van der Waals surface area contributed by atoms with Gasteiger partial charge in [-0.25, -0.2) is 0 Å². The largest absolute Gasteiger partial charge is 0.450 e. The van der Waals surface area contributed by atoms with Crippen LogP contribution in [0.25, 0.3) is 0 Å². The maximum Gasteiger partial charge on any atom is 0.317 e. The lowest BCUT2D eigenvalue weighted by Gasteiger charge is -2.29. The Hall–Kier alpha value is -2.02. The van der Waals surface area contributed by atoms with Crippen molar-refractivity contribution in [2.24, 2.45) is 0 Å². The molecule has 1 amide bonds. The van der Waals surface area contributed by atoms with Crippen LogP contribution >= 0.6 is 0 Å². The molecular weight excluding hydrogens is 197 g/mol. The van der Waals surface area contributed by atoms with Crippen molar-refractivity contribution in [1.29, 1.82) is 0 Å². The number of carbonyl (C=O) groups is 1. The number of carbonyl (C=O) groups excluding carboxylic acids is 1. The Morgan fingerprint density at radius 2 is 2.27 bits per heavy atom. The van der Waals surface area contributed by atoms with E-state index in [0.717, 1.165) is 0 Å². The zero-order valence-corrected chi connectivity index (χ0v) is 7.81. The van der Waals surface area contributed by atoms with Crippen LogP contribution in [0.15, 0.2) is 24.3 Å². The summed E-state index contributed by atoms with van der Waals surface area (Å²) in [6.45, 7) is 0.0413. The number of halogens is 1. The molecule has 0 aliphatic carbocycles. The number of hydrogen-bond acceptors (Lipinski definition) is 2. The van der Waals surface area contributed by atoms with Gasteiger partial charge in [-0.05, 0) is 12.1 Å². The molecule has 0 bridgehead atoms. The standard InChI is InChI=1S/C11H8FNO2/c1-2-7-13-8-5-3-4-6-9(8)15-10(12)11(13)14/h1,3-6,10H,7H2. The molecule has 3 nitrogen and oxygen atoms in total. The fourth-order valence-electron chi connectivity index (χ4n) is 1.44. The van der Waals surface area contributed by atoms with Crippen LogP contribution in [0.1, 0.15) is 0 Å². The number of ether oxygens (including phenoxy) is 1. The summed E-state index contributed by atoms with van der Waals surface area (Å²) in [5.74, 6) is 1.89. The molecule has 1 unspecified atom stereocenters. The summed E-state index contributed by atoms with van der Waals surface area (Å²) in [6, 6.07) is 6.70. The highest BCUT2D eigenvalue weighted by atomic mass is 19.1. The summed E-state index contributed by atoms with van der Waals surface area (Å²) in [6.07, 6.45) is 3.15. The number of amides is 1. The van der Waals surface area contributed by atoms with Gasteiger partial charge in [0.25, 0.3) is 0 Å². The summed E-state index contributed by atoms with van der Waals surface area (Å²) in [4.78, 5) is 12.6. The lowest BCUT2D eigenvalue weighted by atomic mass is 10.2. The fourth-order valence-corrected chi connectivity index (χ4v) is 1.44. The molecule has 0 saturated heterocycles. The minimum Gasteiger partial charge on any atom is -0.450 e. The van der Waals surface area contributed by atoms with E-state index >= 15 is 0 Å². The van der Waals surface area contributed by atoms with Crippen LogP contribution in [-0.2, 0) is 4.79 Å². The maximum absolute atomic E-state index is 13.1. The highest BCUT2D eigenvalue weighted by molar-refractivity contribution is 5.99. The predicted octanol–water partition coefficient (Wildman–Crippen LogP) is 1.34. The van der Waals surface area contributed by atoms with Crippen LogP contribution in [0.3, 0.4) is 0 Å². The van der Waals surface area contributed by atoms with Crippen molar-refractivity contribution >= 4 is 11.6 Å². The molecule has 1 atom stereocenters. The molecule has 0 fully saturated rings. The molecule has 0 N–H and O–H groups in total. The molecule has 0 saturated carbocycles. The first kappa shape index (κ1) is 9.53. The van der Waals surface area contributed by atoms with Gasteiger partial charge in [0.15, 0.2) is 0 Å². The van der Waals surface area contributed by atoms with E-state index in [2.05, 4.69) is 5.92 Å². The molecule has 4 heteroatoms. The van der Waals surface area contributed by atoms with Crippen molar-refractivity contribution in [3.63, 3.8) is 0 Å². The predicted molar refractivity (Wildman–Crippen MR) is 53.2 cm³/mol. The Balaban J connectivity index is 2.45. The molecule has 76 valence electrons. The quantitative estimate of drug-likeness (QED) is 0.647. The van der Waals surface area contributed by atoms with E-state index in [1.165, 1.54) is 4.90 Å². The number of fused-ring (bicyclic) bond motifs is 1. The van der Waals surface area contributed by atoms with Crippen LogP contribution in [0.2, 0.25) is 0 Å². The smallest absolute Gasteiger partial charge is 0.317 e. The molecule has 0 radical (unpaired) electrons. The average Bonchev–Trinajstić information content (AvgIpc) is 2.25. The second-order valence-electron chi connectivity index (χ2n) is 3.03. The van der Waals surface area contributed by atoms with Crippen molar-refractivity contribution in [3.8, 4) is 18.1 Å². The van der Waals surface area contributed by atoms with Crippen LogP contribution < -0.4 is 9.64 Å². The Labute approximate surface area is 86.4 Å². The van der Waals surface area contributed by atoms with Gasteiger partial charge in [0.05, 0.1) is 12.2 Å². The van der Waals surface area contributed by atoms with Crippen LogP contribution in [0, 0.1) is 12.3 Å². The fraction of sp³-hybridized carbons (Fsp3) is 0.182. The van der Waals surface area contributed by atoms with E-state index in [0.29, 0.717) is 11.4 Å². The lowest BCUT2D eigenvalue weighted by Crippen LogP contribution is -2.43. The van der Waals surface area contributed by atoms with Crippen molar-refractivity contribution in [1.82, 2.24) is 0 Å². The highest BCUT2D eigenvalue weighted by Gasteiger charge is 2.33. The summed E-state index contributed by atoms with van der Waals surface area (Å²) in [5.41, 5.74) is 0.509. The summed E-state index contributed by atoms with van der Waals surface area (Å²) >= 11 is 0. The number of anilines is 1. The van der Waals surface area contributed by atoms with Gasteiger partial charge in [0.2, 0.25) is 0 Å². The third-order valence-corrected chi connectivity index (χ3v) is 2.10. The summed E-state index contributed by atoms with van der Waals surface area (Å²) in [5, 5.41) is 0. The maximum atomic E-state index is 13.1. The SMILES string of the molecule is C#CCN1C(=O)C(F)Oc2ccccc21. The number of hydrogen-bond donors (Lipinski definition) is 0. The van der Waals surface area contributed by atoms with Crippen molar-refractivity contribution in [3.05, 3.63) is 24.3 Å². The molecule has 1 aromatic rings. The van der Waals surface area contributed by atoms with Crippen LogP contribution in [0.5, 0.6) is 5.75 Å². The minimum absolute atomic E-state index is 0.0413. The second kappa shape index (κ2) is 3.62. The van der Waals surface area contributed by atoms with Crippen LogP contribution in [-0.4, -0.2) is 18.8 Å². The number of terminal acetylenes is 1. The first-order chi connectivity index (χ1) is 7.24. The molecule has 0 spiro atoms. The van der Waals surface area contributed by atoms with E-state index in [1.807, 2.05) is 0 Å². The molecule has 1 heterocycles. The minimum atomic E-state index is -1.96. The molecule has 0 aromatic heterocycles. The molecule has 1 aliphatic rings. The van der Waals surface area contributed by atoms with Gasteiger partial charge in [0, 0.05) is 0 Å². The molecule has 2 rings (SSSR count). The van der Waals surface area contributed by atoms with Crippen molar-refractivity contribution in [2.45, 2.75) is 6.36 Å². The molecular formula is C11H8FNO2. The van der Waals surface area contributed by atoms with E-state index in [-0.39, 0.29) is 6.54 Å². The number of rotatable bonds is 1. The molecule has 15 heavy (non-hydrogen) atoms. The van der Waals surface area contributed by atoms with E-state index < -0.39 is 12.3 Å². The van der Waals surface area contributed by atoms with Gasteiger partial charge in [-0.2, -0.15) is 4.39 Å². The Morgan fingerprint density at radius 1 is 1.53 bits per heavy atom. The number of nitrogens with zero attached hydrogens (tertiary/aromatic N) is 1. The van der Waals surface area contributed by atoms with Gasteiger partial charge in [0.1, 0.15) is 5.75 Å². The average molecular weight is 205 g/mol. The van der Waals surface area contributed by atoms with Crippen LogP contribution in [0.4, 0.5) is 10.1 Å². The molecule has 1 aliphatic heterocycles. The monoisotopic (exact) mass is 205 g/mol. The van der Waals surface area contributed by atoms with E-state index in [4.69, 9.17) is 11.2 Å². The van der Waals surface area contributed by atoms with Gasteiger partial charge in [-0.15, -0.1) is 6.42 Å². The topological polar surface area (TPSA) is 29.5 Å². The lowest BCUT2D eigenvalue weighted by molar-refractivity contribution is -0.133. The van der Waals surface area contributed by atoms with E-state index in [9.17, 15) is 9.18 Å².